The van der Waals surface area contributed by atoms with Crippen LogP contribution < -0.4 is 0 Å². The van der Waals surface area contributed by atoms with Crippen molar-refractivity contribution in [2.75, 3.05) is 0 Å². The van der Waals surface area contributed by atoms with Crippen LogP contribution in [0.2, 0.25) is 0 Å². The molecule has 0 radical (unpaired) electrons. The first-order valence-electron chi connectivity index (χ1n) is 4.56. The molecule has 0 N–H and O–H groups in total. The summed E-state index contributed by atoms with van der Waals surface area (Å²) < 4.78 is 0. The third-order valence-electron chi connectivity index (χ3n) is 2.88. The van der Waals surface area contributed by atoms with Gasteiger partial charge in [-0.15, -0.1) is 12.3 Å². The van der Waals surface area contributed by atoms with Gasteiger partial charge in [0.25, 0.3) is 0 Å². The van der Waals surface area contributed by atoms with Crippen molar-refractivity contribution in [3.63, 3.8) is 0 Å². The lowest BCUT2D eigenvalue weighted by atomic mass is 9.82. The van der Waals surface area contributed by atoms with Crippen LogP contribution in [-0.2, 0) is 0 Å². The summed E-state index contributed by atoms with van der Waals surface area (Å²) in [6.45, 7) is 9.09. The molecule has 3 unspecified atom stereocenters. The van der Waals surface area contributed by atoms with Crippen LogP contribution in [0.5, 0.6) is 0 Å². The van der Waals surface area contributed by atoms with Crippen molar-refractivity contribution in [3.8, 4) is 12.3 Å². The van der Waals surface area contributed by atoms with Gasteiger partial charge >= 0.3 is 0 Å². The first kappa shape index (κ1) is 10.6. The second-order valence-electron chi connectivity index (χ2n) is 3.63. The van der Waals surface area contributed by atoms with Crippen LogP contribution in [0, 0.1) is 30.1 Å². The zero-order valence-corrected chi connectivity index (χ0v) is 8.22. The van der Waals surface area contributed by atoms with Crippen molar-refractivity contribution in [3.05, 3.63) is 0 Å². The normalized spacial score (nSPS) is 18.5. The molecule has 0 aliphatic rings. The molecule has 0 aromatic rings. The summed E-state index contributed by atoms with van der Waals surface area (Å²) in [6, 6.07) is 0. The second kappa shape index (κ2) is 5.24. The van der Waals surface area contributed by atoms with Crippen LogP contribution in [0.25, 0.3) is 0 Å². The average molecular weight is 152 g/mol. The summed E-state index contributed by atoms with van der Waals surface area (Å²) in [7, 11) is 0. The highest BCUT2D eigenvalue weighted by molar-refractivity contribution is 4.87. The quantitative estimate of drug-likeness (QED) is 0.542. The Morgan fingerprint density at radius 1 is 1.18 bits per heavy atom. The Balaban J connectivity index is 3.82. The maximum atomic E-state index is 5.26. The molecule has 0 nitrogen and oxygen atoms in total. The lowest BCUT2D eigenvalue weighted by molar-refractivity contribution is 0.276. The monoisotopic (exact) mass is 152 g/mol. The highest BCUT2D eigenvalue weighted by Gasteiger charge is 2.16. The summed E-state index contributed by atoms with van der Waals surface area (Å²) in [4.78, 5) is 0. The van der Waals surface area contributed by atoms with E-state index >= 15 is 0 Å². The van der Waals surface area contributed by atoms with Crippen molar-refractivity contribution in [1.29, 1.82) is 0 Å². The van der Waals surface area contributed by atoms with Crippen LogP contribution in [0.3, 0.4) is 0 Å². The van der Waals surface area contributed by atoms with Crippen molar-refractivity contribution >= 4 is 0 Å². The fraction of sp³-hybridized carbons (Fsp3) is 0.818. The number of hydrogen-bond donors (Lipinski definition) is 0. The molecule has 0 spiro atoms. The van der Waals surface area contributed by atoms with Gasteiger partial charge in [-0.3, -0.25) is 0 Å². The Morgan fingerprint density at radius 3 is 2.09 bits per heavy atom. The lowest BCUT2D eigenvalue weighted by Gasteiger charge is -2.23. The highest BCUT2D eigenvalue weighted by atomic mass is 14.2. The molecule has 3 atom stereocenters. The fourth-order valence-electron chi connectivity index (χ4n) is 1.30. The Bertz CT molecular complexity index is 129. The van der Waals surface area contributed by atoms with Crippen LogP contribution in [-0.4, -0.2) is 0 Å². The first-order chi connectivity index (χ1) is 5.13. The van der Waals surface area contributed by atoms with Gasteiger partial charge in [0.2, 0.25) is 0 Å². The minimum Gasteiger partial charge on any atom is -0.120 e. The lowest BCUT2D eigenvalue weighted by Crippen LogP contribution is -2.15. The predicted octanol–water partition coefficient (Wildman–Crippen LogP) is 3.33. The summed E-state index contributed by atoms with van der Waals surface area (Å²) in [5, 5.41) is 0. The molecule has 0 saturated heterocycles. The van der Waals surface area contributed by atoms with E-state index in [0.717, 1.165) is 18.3 Å². The van der Waals surface area contributed by atoms with Crippen LogP contribution in [0.15, 0.2) is 0 Å². The number of hydrogen-bond acceptors (Lipinski definition) is 0. The van der Waals surface area contributed by atoms with Gasteiger partial charge in [-0.2, -0.15) is 0 Å². The SMILES string of the molecule is C#CCC(C)C(C)C(C)CC. The molecule has 0 saturated carbocycles. The zero-order chi connectivity index (χ0) is 8.85. The van der Waals surface area contributed by atoms with Crippen molar-refractivity contribution in [2.45, 2.75) is 40.5 Å². The van der Waals surface area contributed by atoms with Gasteiger partial charge in [0.05, 0.1) is 0 Å². The van der Waals surface area contributed by atoms with Gasteiger partial charge in [-0.1, -0.05) is 34.1 Å². The predicted molar refractivity (Wildman–Crippen MR) is 51.2 cm³/mol. The van der Waals surface area contributed by atoms with Crippen LogP contribution in [0.1, 0.15) is 40.5 Å². The van der Waals surface area contributed by atoms with Gasteiger partial charge in [0, 0.05) is 6.42 Å². The Hall–Kier alpha value is -0.440. The molecule has 64 valence electrons. The van der Waals surface area contributed by atoms with Gasteiger partial charge in [-0.25, -0.2) is 0 Å². The maximum Gasteiger partial charge on any atom is 0.0114 e. The summed E-state index contributed by atoms with van der Waals surface area (Å²) in [6.07, 6.45) is 7.44. The molecule has 0 aliphatic carbocycles. The van der Waals surface area contributed by atoms with Gasteiger partial charge in [-0.05, 0) is 17.8 Å². The van der Waals surface area contributed by atoms with E-state index < -0.39 is 0 Å². The van der Waals surface area contributed by atoms with Gasteiger partial charge in [0.15, 0.2) is 0 Å². The summed E-state index contributed by atoms with van der Waals surface area (Å²) >= 11 is 0. The van der Waals surface area contributed by atoms with E-state index in [0.29, 0.717) is 5.92 Å². The minimum absolute atomic E-state index is 0.676. The van der Waals surface area contributed by atoms with E-state index in [9.17, 15) is 0 Å². The Morgan fingerprint density at radius 2 is 1.73 bits per heavy atom. The molecule has 0 rings (SSSR count). The first-order valence-corrected chi connectivity index (χ1v) is 4.56. The second-order valence-corrected chi connectivity index (χ2v) is 3.63. The van der Waals surface area contributed by atoms with E-state index in [4.69, 9.17) is 6.42 Å². The zero-order valence-electron chi connectivity index (χ0n) is 8.22. The molecule has 11 heavy (non-hydrogen) atoms. The van der Waals surface area contributed by atoms with Crippen LogP contribution >= 0.6 is 0 Å². The third-order valence-corrected chi connectivity index (χ3v) is 2.88. The van der Waals surface area contributed by atoms with Gasteiger partial charge in [0.1, 0.15) is 0 Å². The molecule has 0 bridgehead atoms. The fourth-order valence-corrected chi connectivity index (χ4v) is 1.30. The van der Waals surface area contributed by atoms with Crippen LogP contribution in [0.4, 0.5) is 0 Å². The summed E-state index contributed by atoms with van der Waals surface area (Å²) in [5.41, 5.74) is 0. The van der Waals surface area contributed by atoms with E-state index in [1.54, 1.807) is 0 Å². The molecule has 0 aromatic heterocycles. The highest BCUT2D eigenvalue weighted by Crippen LogP contribution is 2.24. The van der Waals surface area contributed by atoms with Gasteiger partial charge < -0.3 is 0 Å². The van der Waals surface area contributed by atoms with E-state index in [-0.39, 0.29) is 0 Å². The van der Waals surface area contributed by atoms with E-state index in [2.05, 4.69) is 33.6 Å². The van der Waals surface area contributed by atoms with E-state index in [1.165, 1.54) is 6.42 Å². The topological polar surface area (TPSA) is 0 Å². The van der Waals surface area contributed by atoms with Crippen molar-refractivity contribution in [2.24, 2.45) is 17.8 Å². The smallest absolute Gasteiger partial charge is 0.0114 e. The van der Waals surface area contributed by atoms with Crippen molar-refractivity contribution < 1.29 is 0 Å². The molecule has 0 heteroatoms. The minimum atomic E-state index is 0.676. The van der Waals surface area contributed by atoms with Crippen molar-refractivity contribution in [1.82, 2.24) is 0 Å². The maximum absolute atomic E-state index is 5.26. The average Bonchev–Trinajstić information content (AvgIpc) is 2.02. The Labute approximate surface area is 71.4 Å². The Kier molecular flexibility index (Phi) is 5.03. The molecule has 0 aliphatic heterocycles. The number of rotatable bonds is 4. The largest absolute Gasteiger partial charge is 0.120 e. The molecular weight excluding hydrogens is 132 g/mol. The summed E-state index contributed by atoms with van der Waals surface area (Å²) in [5.74, 6) is 4.97. The molecule has 0 heterocycles. The standard InChI is InChI=1S/C11H20/c1-6-8-10(4)11(5)9(3)7-2/h1,9-11H,7-8H2,2-5H3. The molecule has 0 amide bonds. The third kappa shape index (κ3) is 3.46. The molecular formula is C11H20. The molecule has 0 fully saturated rings. The molecule has 0 aromatic carbocycles. The van der Waals surface area contributed by atoms with E-state index in [1.807, 2.05) is 0 Å². The number of terminal acetylenes is 1.